The van der Waals surface area contributed by atoms with Gasteiger partial charge in [0.05, 0.1) is 6.33 Å². The van der Waals surface area contributed by atoms with Crippen molar-refractivity contribution in [3.8, 4) is 0 Å². The lowest BCUT2D eigenvalue weighted by Crippen LogP contribution is -2.21. The number of hydrogen-bond donors (Lipinski definition) is 1. The van der Waals surface area contributed by atoms with Gasteiger partial charge in [0.1, 0.15) is 5.02 Å². The van der Waals surface area contributed by atoms with Crippen LogP contribution in [0.5, 0.6) is 0 Å². The third-order valence-corrected chi connectivity index (χ3v) is 3.00. The van der Waals surface area contributed by atoms with Gasteiger partial charge in [0, 0.05) is 12.2 Å². The lowest BCUT2D eigenvalue weighted by atomic mass is 10.2. The van der Waals surface area contributed by atoms with Gasteiger partial charge in [-0.2, -0.15) is 0 Å². The van der Waals surface area contributed by atoms with Crippen LogP contribution in [0.15, 0.2) is 35.4 Å². The Bertz CT molecular complexity index is 609. The second-order valence-corrected chi connectivity index (χ2v) is 4.33. The number of halogens is 1. The molecule has 0 saturated carbocycles. The molecule has 0 amide bonds. The van der Waals surface area contributed by atoms with E-state index in [1.807, 2.05) is 43.0 Å². The van der Waals surface area contributed by atoms with E-state index >= 15 is 0 Å². The number of rotatable bonds is 3. The number of aryl methyl sites for hydroxylation is 1. The molecule has 18 heavy (non-hydrogen) atoms. The van der Waals surface area contributed by atoms with E-state index in [0.29, 0.717) is 12.4 Å². The van der Waals surface area contributed by atoms with Crippen LogP contribution in [-0.4, -0.2) is 16.5 Å². The van der Waals surface area contributed by atoms with Crippen molar-refractivity contribution in [2.45, 2.75) is 13.8 Å². The van der Waals surface area contributed by atoms with E-state index in [9.17, 15) is 4.79 Å². The van der Waals surface area contributed by atoms with Crippen molar-refractivity contribution >= 4 is 23.1 Å². The largest absolute Gasteiger partial charge is 0.325 e. The van der Waals surface area contributed by atoms with Crippen LogP contribution in [-0.2, 0) is 0 Å². The number of H-pyrrole nitrogens is 1. The molecule has 0 bridgehead atoms. The monoisotopic (exact) mass is 263 g/mol. The minimum absolute atomic E-state index is 0.112. The third kappa shape index (κ3) is 2.38. The Morgan fingerprint density at radius 2 is 2.22 bits per heavy atom. The SMILES string of the molecule is CCN(c1cccc(C)c1)c1nc[nH]c(=O)c1Cl. The summed E-state index contributed by atoms with van der Waals surface area (Å²) >= 11 is 6.01. The molecule has 0 aliphatic rings. The summed E-state index contributed by atoms with van der Waals surface area (Å²) in [5.41, 5.74) is 1.79. The van der Waals surface area contributed by atoms with Crippen LogP contribution in [0.4, 0.5) is 11.5 Å². The van der Waals surface area contributed by atoms with Gasteiger partial charge in [0.25, 0.3) is 5.56 Å². The van der Waals surface area contributed by atoms with Crippen LogP contribution in [0, 0.1) is 6.92 Å². The first-order valence-electron chi connectivity index (χ1n) is 5.71. The highest BCUT2D eigenvalue weighted by Crippen LogP contribution is 2.27. The summed E-state index contributed by atoms with van der Waals surface area (Å²) in [6.07, 6.45) is 1.36. The molecule has 0 spiro atoms. The first kappa shape index (κ1) is 12.6. The van der Waals surface area contributed by atoms with Crippen LogP contribution >= 0.6 is 11.6 Å². The molecule has 2 rings (SSSR count). The van der Waals surface area contributed by atoms with Gasteiger partial charge in [0.2, 0.25) is 0 Å². The minimum atomic E-state index is -0.326. The number of aromatic nitrogens is 2. The summed E-state index contributed by atoms with van der Waals surface area (Å²) in [5.74, 6) is 0.480. The smallest absolute Gasteiger partial charge is 0.271 e. The Kier molecular flexibility index (Phi) is 3.67. The predicted molar refractivity (Wildman–Crippen MR) is 73.7 cm³/mol. The van der Waals surface area contributed by atoms with Gasteiger partial charge in [-0.25, -0.2) is 4.98 Å². The van der Waals surface area contributed by atoms with Crippen molar-refractivity contribution in [3.63, 3.8) is 0 Å². The molecule has 94 valence electrons. The van der Waals surface area contributed by atoms with Crippen molar-refractivity contribution < 1.29 is 0 Å². The topological polar surface area (TPSA) is 49.0 Å². The van der Waals surface area contributed by atoms with Crippen molar-refractivity contribution in [2.75, 3.05) is 11.4 Å². The second kappa shape index (κ2) is 5.23. The lowest BCUT2D eigenvalue weighted by molar-refractivity contribution is 0.967. The number of nitrogens with one attached hydrogen (secondary N) is 1. The molecule has 1 aromatic heterocycles. The first-order valence-corrected chi connectivity index (χ1v) is 6.08. The molecule has 0 aliphatic carbocycles. The number of hydrogen-bond acceptors (Lipinski definition) is 3. The van der Waals surface area contributed by atoms with Gasteiger partial charge in [0.15, 0.2) is 5.82 Å². The molecule has 0 atom stereocenters. The molecule has 1 heterocycles. The van der Waals surface area contributed by atoms with Gasteiger partial charge in [-0.3, -0.25) is 4.79 Å². The van der Waals surface area contributed by atoms with E-state index in [1.54, 1.807) is 0 Å². The maximum atomic E-state index is 11.5. The fourth-order valence-corrected chi connectivity index (χ4v) is 2.02. The highest BCUT2D eigenvalue weighted by molar-refractivity contribution is 6.32. The van der Waals surface area contributed by atoms with Crippen LogP contribution in [0.1, 0.15) is 12.5 Å². The summed E-state index contributed by atoms with van der Waals surface area (Å²) in [7, 11) is 0. The zero-order valence-electron chi connectivity index (χ0n) is 10.3. The Balaban J connectivity index is 2.52. The number of aromatic amines is 1. The summed E-state index contributed by atoms with van der Waals surface area (Å²) in [4.78, 5) is 20.0. The predicted octanol–water partition coefficient (Wildman–Crippen LogP) is 2.89. The molecule has 0 saturated heterocycles. The summed E-state index contributed by atoms with van der Waals surface area (Å²) in [6.45, 7) is 4.69. The van der Waals surface area contributed by atoms with E-state index in [0.717, 1.165) is 11.3 Å². The van der Waals surface area contributed by atoms with Gasteiger partial charge in [-0.15, -0.1) is 0 Å². The van der Waals surface area contributed by atoms with Crippen molar-refractivity contribution in [1.82, 2.24) is 9.97 Å². The lowest BCUT2D eigenvalue weighted by Gasteiger charge is -2.22. The van der Waals surface area contributed by atoms with E-state index in [-0.39, 0.29) is 10.6 Å². The Labute approximate surface area is 110 Å². The Hall–Kier alpha value is -1.81. The van der Waals surface area contributed by atoms with E-state index in [4.69, 9.17) is 11.6 Å². The number of anilines is 2. The van der Waals surface area contributed by atoms with Crippen LogP contribution in [0.3, 0.4) is 0 Å². The Morgan fingerprint density at radius 3 is 2.89 bits per heavy atom. The van der Waals surface area contributed by atoms with Gasteiger partial charge in [-0.1, -0.05) is 23.7 Å². The fourth-order valence-electron chi connectivity index (χ4n) is 1.81. The molecule has 0 fully saturated rings. The standard InChI is InChI=1S/C13H14ClN3O/c1-3-17(10-6-4-5-9(2)7-10)12-11(14)13(18)16-8-15-12/h4-8H,3H2,1-2H3,(H,15,16,18). The molecule has 0 radical (unpaired) electrons. The van der Waals surface area contributed by atoms with E-state index in [2.05, 4.69) is 9.97 Å². The van der Waals surface area contributed by atoms with Crippen LogP contribution < -0.4 is 10.5 Å². The number of benzene rings is 1. The average molecular weight is 264 g/mol. The maximum absolute atomic E-state index is 11.5. The number of nitrogens with zero attached hydrogens (tertiary/aromatic N) is 2. The first-order chi connectivity index (χ1) is 8.63. The molecule has 0 aliphatic heterocycles. The zero-order chi connectivity index (χ0) is 13.1. The third-order valence-electron chi connectivity index (χ3n) is 2.66. The highest BCUT2D eigenvalue weighted by Gasteiger charge is 2.14. The quantitative estimate of drug-likeness (QED) is 0.926. The van der Waals surface area contributed by atoms with Crippen LogP contribution in [0.2, 0.25) is 5.02 Å². The molecular weight excluding hydrogens is 250 g/mol. The fraction of sp³-hybridized carbons (Fsp3) is 0.231. The zero-order valence-corrected chi connectivity index (χ0v) is 11.0. The van der Waals surface area contributed by atoms with Crippen molar-refractivity contribution in [1.29, 1.82) is 0 Å². The molecule has 4 nitrogen and oxygen atoms in total. The van der Waals surface area contributed by atoms with Gasteiger partial charge >= 0.3 is 0 Å². The second-order valence-electron chi connectivity index (χ2n) is 3.95. The average Bonchev–Trinajstić information content (AvgIpc) is 2.35. The van der Waals surface area contributed by atoms with Crippen molar-refractivity contribution in [3.05, 3.63) is 51.5 Å². The normalized spacial score (nSPS) is 10.4. The van der Waals surface area contributed by atoms with Crippen molar-refractivity contribution in [2.24, 2.45) is 0 Å². The molecule has 1 aromatic carbocycles. The van der Waals surface area contributed by atoms with Gasteiger partial charge < -0.3 is 9.88 Å². The summed E-state index contributed by atoms with van der Waals surface area (Å²) < 4.78 is 0. The minimum Gasteiger partial charge on any atom is -0.325 e. The van der Waals surface area contributed by atoms with E-state index < -0.39 is 0 Å². The highest BCUT2D eigenvalue weighted by atomic mass is 35.5. The molecule has 1 N–H and O–H groups in total. The molecule has 5 heteroatoms. The maximum Gasteiger partial charge on any atom is 0.271 e. The molecular formula is C13H14ClN3O. The Morgan fingerprint density at radius 1 is 1.44 bits per heavy atom. The van der Waals surface area contributed by atoms with E-state index in [1.165, 1.54) is 6.33 Å². The molecule has 2 aromatic rings. The van der Waals surface area contributed by atoms with Crippen LogP contribution in [0.25, 0.3) is 0 Å². The van der Waals surface area contributed by atoms with Gasteiger partial charge in [-0.05, 0) is 31.5 Å². The summed E-state index contributed by atoms with van der Waals surface area (Å²) in [5, 5.41) is 0.112. The summed E-state index contributed by atoms with van der Waals surface area (Å²) in [6, 6.07) is 7.98. The molecule has 0 unspecified atom stereocenters.